The van der Waals surface area contributed by atoms with Crippen molar-refractivity contribution in [2.75, 3.05) is 0 Å². The van der Waals surface area contributed by atoms with E-state index in [2.05, 4.69) is 50.8 Å². The molecule has 5 aliphatic rings. The molecule has 0 bridgehead atoms. The average Bonchev–Trinajstić information content (AvgIpc) is 3.39. The summed E-state index contributed by atoms with van der Waals surface area (Å²) in [6, 6.07) is 2.13. The van der Waals surface area contributed by atoms with Crippen LogP contribution in [0.5, 0.6) is 0 Å². The van der Waals surface area contributed by atoms with Crippen molar-refractivity contribution in [2.45, 2.75) is 105 Å². The molecule has 3 saturated carbocycles. The number of carbonyl (C=O) groups excluding carboxylic acids is 2. The summed E-state index contributed by atoms with van der Waals surface area (Å²) in [5, 5.41) is 13.8. The Morgan fingerprint density at radius 2 is 1.67 bits per heavy atom. The van der Waals surface area contributed by atoms with Gasteiger partial charge in [0, 0.05) is 22.2 Å². The summed E-state index contributed by atoms with van der Waals surface area (Å²) in [5.41, 5.74) is -2.02. The fourth-order valence-corrected chi connectivity index (χ4v) is 10.6. The smallest absolute Gasteiger partial charge is 0.329 e. The highest BCUT2D eigenvalue weighted by Crippen LogP contribution is 2.74. The van der Waals surface area contributed by atoms with E-state index in [9.17, 15) is 28.0 Å². The van der Waals surface area contributed by atoms with Crippen molar-refractivity contribution in [3.8, 4) is 6.07 Å². The number of hydrogen-bond donors (Lipinski definition) is 0. The summed E-state index contributed by atoms with van der Waals surface area (Å²) in [4.78, 5) is 31.7. The summed E-state index contributed by atoms with van der Waals surface area (Å²) in [6.45, 7) is 14.7. The molecule has 3 fully saturated rings. The molecule has 1 aromatic heterocycles. The van der Waals surface area contributed by atoms with E-state index in [0.29, 0.717) is 25.7 Å². The highest BCUT2D eigenvalue weighted by Gasteiger charge is 2.70. The van der Waals surface area contributed by atoms with Gasteiger partial charge in [0.15, 0.2) is 17.4 Å². The Bertz CT molecular complexity index is 1500. The quantitative estimate of drug-likeness (QED) is 0.339. The summed E-state index contributed by atoms with van der Waals surface area (Å²) < 4.78 is 45.4. The Morgan fingerprint density at radius 1 is 1.00 bits per heavy atom. The molecule has 0 saturated heterocycles. The zero-order valence-electron chi connectivity index (χ0n) is 25.5. The SMILES string of the molecule is CC1(C)CC[C@]2(c3noc(C(F)(F)F)n3)CC[C@]3(C)[C@H](C(=O)C=C4[C@@]5(C)C=C(C#N)C(=O)C(C)(C)[C@@H]5CC[C@]43C)[C@@H]2C1. The second kappa shape index (κ2) is 8.45. The molecule has 1 heterocycles. The summed E-state index contributed by atoms with van der Waals surface area (Å²) >= 11 is 0. The molecule has 226 valence electrons. The van der Waals surface area contributed by atoms with Crippen LogP contribution in [0.15, 0.2) is 27.8 Å². The topological polar surface area (TPSA) is 96.8 Å². The molecule has 5 aliphatic carbocycles. The van der Waals surface area contributed by atoms with Crippen molar-refractivity contribution in [2.24, 2.45) is 44.8 Å². The molecule has 0 aliphatic heterocycles. The molecule has 0 unspecified atom stereocenters. The number of halogens is 3. The predicted octanol–water partition coefficient (Wildman–Crippen LogP) is 7.56. The molecular weight excluding hydrogens is 543 g/mol. The number of hydrogen-bond acceptors (Lipinski definition) is 6. The maximum atomic E-state index is 14.6. The van der Waals surface area contributed by atoms with E-state index in [4.69, 9.17) is 4.52 Å². The first kappa shape index (κ1) is 29.3. The van der Waals surface area contributed by atoms with Gasteiger partial charge in [0.25, 0.3) is 0 Å². The normalized spacial score (nSPS) is 42.3. The largest absolute Gasteiger partial charge is 0.471 e. The third-order valence-corrected chi connectivity index (χ3v) is 13.0. The number of ketones is 2. The highest BCUT2D eigenvalue weighted by molar-refractivity contribution is 6.04. The molecule has 6 rings (SSSR count). The van der Waals surface area contributed by atoms with Crippen molar-refractivity contribution in [3.05, 3.63) is 35.0 Å². The predicted molar refractivity (Wildman–Crippen MR) is 147 cm³/mol. The van der Waals surface area contributed by atoms with Crippen molar-refractivity contribution in [1.29, 1.82) is 5.26 Å². The van der Waals surface area contributed by atoms with Crippen LogP contribution in [0, 0.1) is 56.2 Å². The van der Waals surface area contributed by atoms with Gasteiger partial charge >= 0.3 is 12.1 Å². The third kappa shape index (κ3) is 3.56. The minimum atomic E-state index is -4.74. The summed E-state index contributed by atoms with van der Waals surface area (Å²) in [7, 11) is 0. The number of Topliss-reactive ketones (excluding diaryl/α,β-unsaturated/α-hetero) is 1. The van der Waals surface area contributed by atoms with Gasteiger partial charge in [0.05, 0.1) is 5.57 Å². The molecule has 1 aromatic rings. The fourth-order valence-electron chi connectivity index (χ4n) is 10.6. The van der Waals surface area contributed by atoms with Crippen molar-refractivity contribution >= 4 is 11.6 Å². The maximum Gasteiger partial charge on any atom is 0.471 e. The first-order valence-electron chi connectivity index (χ1n) is 15.1. The van der Waals surface area contributed by atoms with Gasteiger partial charge in [-0.25, -0.2) is 0 Å². The Hall–Kier alpha value is -2.76. The van der Waals surface area contributed by atoms with Crippen LogP contribution in [0.1, 0.15) is 105 Å². The number of allylic oxidation sites excluding steroid dienone is 4. The van der Waals surface area contributed by atoms with E-state index < -0.39 is 45.1 Å². The fraction of sp³-hybridized carbons (Fsp3) is 0.727. The third-order valence-electron chi connectivity index (χ3n) is 13.0. The number of nitriles is 1. The van der Waals surface area contributed by atoms with Gasteiger partial charge in [-0.05, 0) is 79.1 Å². The highest BCUT2D eigenvalue weighted by atomic mass is 19.4. The number of rotatable bonds is 1. The Kier molecular flexibility index (Phi) is 5.90. The first-order valence-corrected chi connectivity index (χ1v) is 15.1. The Labute approximate surface area is 245 Å². The minimum Gasteiger partial charge on any atom is -0.329 e. The zero-order valence-corrected chi connectivity index (χ0v) is 25.5. The van der Waals surface area contributed by atoms with E-state index in [0.717, 1.165) is 24.8 Å². The molecular formula is C33H40F3N3O3. The van der Waals surface area contributed by atoms with E-state index in [1.54, 1.807) is 6.08 Å². The van der Waals surface area contributed by atoms with Gasteiger partial charge in [-0.15, -0.1) is 0 Å². The van der Waals surface area contributed by atoms with Crippen LogP contribution in [-0.2, 0) is 21.2 Å². The molecule has 6 nitrogen and oxygen atoms in total. The first-order chi connectivity index (χ1) is 19.3. The second-order valence-corrected chi connectivity index (χ2v) is 15.8. The number of fused-ring (bicyclic) bond motifs is 7. The molecule has 7 atom stereocenters. The monoisotopic (exact) mass is 583 g/mol. The van der Waals surface area contributed by atoms with Gasteiger partial charge in [-0.2, -0.15) is 23.4 Å². The van der Waals surface area contributed by atoms with Crippen LogP contribution in [-0.4, -0.2) is 21.7 Å². The molecule has 9 heteroatoms. The molecule has 0 N–H and O–H groups in total. The molecule has 0 radical (unpaired) electrons. The van der Waals surface area contributed by atoms with E-state index >= 15 is 0 Å². The lowest BCUT2D eigenvalue weighted by atomic mass is 9.34. The number of carbonyl (C=O) groups is 2. The summed E-state index contributed by atoms with van der Waals surface area (Å²) in [6.07, 6.45) is 3.70. The van der Waals surface area contributed by atoms with Crippen LogP contribution in [0.4, 0.5) is 13.2 Å². The van der Waals surface area contributed by atoms with Gasteiger partial charge in [0.1, 0.15) is 6.07 Å². The van der Waals surface area contributed by atoms with Crippen LogP contribution < -0.4 is 0 Å². The van der Waals surface area contributed by atoms with E-state index in [1.807, 2.05) is 19.9 Å². The lowest BCUT2D eigenvalue weighted by Gasteiger charge is -2.69. The van der Waals surface area contributed by atoms with Crippen molar-refractivity contribution < 1.29 is 27.3 Å². The van der Waals surface area contributed by atoms with Gasteiger partial charge in [0.2, 0.25) is 0 Å². The Balaban J connectivity index is 1.52. The average molecular weight is 584 g/mol. The van der Waals surface area contributed by atoms with Crippen molar-refractivity contribution in [1.82, 2.24) is 10.1 Å². The van der Waals surface area contributed by atoms with Crippen LogP contribution in [0.25, 0.3) is 0 Å². The van der Waals surface area contributed by atoms with Gasteiger partial charge < -0.3 is 4.52 Å². The number of nitrogens with zero attached hydrogens (tertiary/aromatic N) is 3. The molecule has 0 amide bonds. The van der Waals surface area contributed by atoms with E-state index in [-0.39, 0.29) is 40.2 Å². The standard InChI is InChI=1S/C33H40F3N3O3/c1-27(2)10-12-32(25-38-26(42-39-25)33(34,35)36)13-11-31(7)23(19(32)16-27)20(40)14-22-29(5)15-18(17-37)24(41)28(3,4)21(29)8-9-30(22,31)6/h14-15,19,21,23H,8-13,16H2,1-7H3/t19-,21-,23-,29-,30+,31+,32-/m0/s1. The van der Waals surface area contributed by atoms with Gasteiger partial charge in [-0.3, -0.25) is 9.59 Å². The molecule has 42 heavy (non-hydrogen) atoms. The van der Waals surface area contributed by atoms with Crippen LogP contribution in [0.3, 0.4) is 0 Å². The second-order valence-electron chi connectivity index (χ2n) is 15.8. The maximum absolute atomic E-state index is 14.6. The van der Waals surface area contributed by atoms with E-state index in [1.165, 1.54) is 0 Å². The lowest BCUT2D eigenvalue weighted by molar-refractivity contribution is -0.161. The van der Waals surface area contributed by atoms with Gasteiger partial charge in [-0.1, -0.05) is 65.3 Å². The number of alkyl halides is 3. The lowest BCUT2D eigenvalue weighted by Crippen LogP contribution is -2.65. The van der Waals surface area contributed by atoms with Crippen molar-refractivity contribution in [3.63, 3.8) is 0 Å². The minimum absolute atomic E-state index is 0.0141. The Morgan fingerprint density at radius 3 is 2.29 bits per heavy atom. The van der Waals surface area contributed by atoms with Crippen LogP contribution >= 0.6 is 0 Å². The molecule has 0 spiro atoms. The molecule has 0 aromatic carbocycles. The zero-order chi connectivity index (χ0) is 30.9. The summed E-state index contributed by atoms with van der Waals surface area (Å²) in [5.74, 6) is -2.15. The number of aromatic nitrogens is 2. The van der Waals surface area contributed by atoms with Crippen LogP contribution in [0.2, 0.25) is 0 Å².